The molecule has 0 radical (unpaired) electrons. The molecule has 7 heteroatoms. The van der Waals surface area contributed by atoms with Crippen molar-refractivity contribution in [2.45, 2.75) is 37.6 Å². The van der Waals surface area contributed by atoms with Gasteiger partial charge >= 0.3 is 0 Å². The molecule has 0 amide bonds. The highest BCUT2D eigenvalue weighted by Crippen LogP contribution is 2.29. The van der Waals surface area contributed by atoms with Gasteiger partial charge in [-0.05, 0) is 46.5 Å². The molecule has 1 aliphatic heterocycles. The van der Waals surface area contributed by atoms with Crippen molar-refractivity contribution in [3.63, 3.8) is 0 Å². The molecule has 1 aliphatic carbocycles. The third-order valence-electron chi connectivity index (χ3n) is 3.72. The summed E-state index contributed by atoms with van der Waals surface area (Å²) in [5.74, 6) is 0.205. The topological polar surface area (TPSA) is 75.6 Å². The minimum absolute atomic E-state index is 0.133. The van der Waals surface area contributed by atoms with Gasteiger partial charge in [-0.15, -0.1) is 0 Å². The lowest BCUT2D eigenvalue weighted by Crippen LogP contribution is -2.29. The van der Waals surface area contributed by atoms with Crippen LogP contribution in [-0.2, 0) is 16.4 Å². The van der Waals surface area contributed by atoms with Crippen molar-refractivity contribution >= 4 is 25.8 Å². The number of benzene rings is 1. The van der Waals surface area contributed by atoms with Crippen LogP contribution < -0.4 is 10.1 Å². The van der Waals surface area contributed by atoms with Gasteiger partial charge < -0.3 is 15.2 Å². The minimum Gasteiger partial charge on any atom is -0.485 e. The van der Waals surface area contributed by atoms with Crippen molar-refractivity contribution in [1.29, 1.82) is 0 Å². The molecular formula is C14H18BrNO4S. The van der Waals surface area contributed by atoms with Crippen LogP contribution in [0.4, 0.5) is 0 Å². The Labute approximate surface area is 132 Å². The maximum absolute atomic E-state index is 11.5. The van der Waals surface area contributed by atoms with Crippen molar-refractivity contribution in [3.05, 3.63) is 28.2 Å². The van der Waals surface area contributed by atoms with Gasteiger partial charge in [0.15, 0.2) is 9.84 Å². The normalized spacial score (nSPS) is 27.7. The zero-order valence-corrected chi connectivity index (χ0v) is 13.9. The minimum atomic E-state index is -3.20. The van der Waals surface area contributed by atoms with E-state index < -0.39 is 22.0 Å². The molecule has 0 aromatic heterocycles. The van der Waals surface area contributed by atoms with Crippen molar-refractivity contribution in [1.82, 2.24) is 5.32 Å². The van der Waals surface area contributed by atoms with Crippen molar-refractivity contribution in [2.24, 2.45) is 0 Å². The second kappa shape index (κ2) is 5.87. The van der Waals surface area contributed by atoms with Crippen LogP contribution in [0.5, 0.6) is 5.75 Å². The fraction of sp³-hybridized carbons (Fsp3) is 0.571. The number of ether oxygens (including phenoxy) is 1. The summed E-state index contributed by atoms with van der Waals surface area (Å²) in [7, 11) is -3.20. The highest BCUT2D eigenvalue weighted by atomic mass is 79.9. The number of halogens is 1. The van der Waals surface area contributed by atoms with E-state index in [1.165, 1.54) is 12.8 Å². The molecule has 2 N–H and O–H groups in total. The van der Waals surface area contributed by atoms with Gasteiger partial charge in [0.2, 0.25) is 0 Å². The van der Waals surface area contributed by atoms with Gasteiger partial charge in [-0.25, -0.2) is 8.42 Å². The number of aliphatic hydroxyl groups is 1. The highest BCUT2D eigenvalue weighted by molar-refractivity contribution is 9.10. The summed E-state index contributed by atoms with van der Waals surface area (Å²) in [6, 6.07) is 6.37. The Morgan fingerprint density at radius 2 is 2.10 bits per heavy atom. The second-order valence-electron chi connectivity index (χ2n) is 5.72. The number of nitrogens with one attached hydrogen (secondary N) is 1. The maximum Gasteiger partial charge on any atom is 0.156 e. The summed E-state index contributed by atoms with van der Waals surface area (Å²) >= 11 is 3.44. The first-order valence-corrected chi connectivity index (χ1v) is 9.61. The fourth-order valence-corrected chi connectivity index (χ4v) is 4.55. The largest absolute Gasteiger partial charge is 0.485 e. The molecule has 0 spiro atoms. The number of rotatable bonds is 5. The van der Waals surface area contributed by atoms with E-state index in [-0.39, 0.29) is 11.5 Å². The van der Waals surface area contributed by atoms with E-state index in [0.717, 1.165) is 16.6 Å². The predicted octanol–water partition coefficient (Wildman–Crippen LogP) is 1.24. The smallest absolute Gasteiger partial charge is 0.156 e. The van der Waals surface area contributed by atoms with Gasteiger partial charge in [0.05, 0.1) is 16.0 Å². The second-order valence-corrected chi connectivity index (χ2v) is 8.73. The van der Waals surface area contributed by atoms with Gasteiger partial charge in [0, 0.05) is 12.6 Å². The zero-order valence-electron chi connectivity index (χ0n) is 11.5. The fourth-order valence-electron chi connectivity index (χ4n) is 2.37. The van der Waals surface area contributed by atoms with Crippen LogP contribution in [0.2, 0.25) is 0 Å². The Kier molecular flexibility index (Phi) is 4.27. The third kappa shape index (κ3) is 3.97. The molecule has 0 bridgehead atoms. The molecule has 2 fully saturated rings. The summed E-state index contributed by atoms with van der Waals surface area (Å²) < 4.78 is 29.4. The van der Waals surface area contributed by atoms with Crippen LogP contribution in [0.3, 0.4) is 0 Å². The molecule has 1 heterocycles. The van der Waals surface area contributed by atoms with E-state index in [2.05, 4.69) is 21.2 Å². The lowest BCUT2D eigenvalue weighted by atomic mass is 10.2. The van der Waals surface area contributed by atoms with Crippen LogP contribution >= 0.6 is 15.9 Å². The first-order chi connectivity index (χ1) is 9.93. The van der Waals surface area contributed by atoms with E-state index in [0.29, 0.717) is 11.8 Å². The van der Waals surface area contributed by atoms with E-state index in [4.69, 9.17) is 4.74 Å². The molecule has 116 valence electrons. The van der Waals surface area contributed by atoms with Gasteiger partial charge in [-0.3, -0.25) is 0 Å². The summed E-state index contributed by atoms with van der Waals surface area (Å²) in [5.41, 5.74) is 1.14. The predicted molar refractivity (Wildman–Crippen MR) is 83.1 cm³/mol. The van der Waals surface area contributed by atoms with Crippen LogP contribution in [0.25, 0.3) is 0 Å². The molecule has 3 rings (SSSR count). The highest BCUT2D eigenvalue weighted by Gasteiger charge is 2.38. The third-order valence-corrected chi connectivity index (χ3v) is 6.02. The quantitative estimate of drug-likeness (QED) is 0.809. The monoisotopic (exact) mass is 375 g/mol. The molecule has 5 nitrogen and oxygen atoms in total. The lowest BCUT2D eigenvalue weighted by Gasteiger charge is -2.17. The van der Waals surface area contributed by atoms with Gasteiger partial charge in [0.1, 0.15) is 18.0 Å². The SMILES string of the molecule is O=S1(=O)CC(O)C(Oc2ccc(CNC3CC3)cc2Br)C1. The molecule has 2 unspecified atom stereocenters. The molecule has 1 saturated carbocycles. The molecule has 2 aliphatic rings. The first kappa shape index (κ1) is 15.3. The van der Waals surface area contributed by atoms with Gasteiger partial charge in [-0.2, -0.15) is 0 Å². The molecule has 21 heavy (non-hydrogen) atoms. The summed E-state index contributed by atoms with van der Waals surface area (Å²) in [6.45, 7) is 0.810. The van der Waals surface area contributed by atoms with E-state index in [9.17, 15) is 13.5 Å². The molecule has 1 aromatic rings. The maximum atomic E-state index is 11.5. The Balaban J connectivity index is 1.65. The molecule has 1 saturated heterocycles. The number of aliphatic hydroxyl groups excluding tert-OH is 1. The lowest BCUT2D eigenvalue weighted by molar-refractivity contribution is 0.0733. The van der Waals surface area contributed by atoms with E-state index in [1.807, 2.05) is 18.2 Å². The van der Waals surface area contributed by atoms with Crippen LogP contribution in [0, 0.1) is 0 Å². The average Bonchev–Trinajstić information content (AvgIpc) is 3.17. The zero-order chi connectivity index (χ0) is 15.0. The first-order valence-electron chi connectivity index (χ1n) is 7.00. The summed E-state index contributed by atoms with van der Waals surface area (Å²) in [5, 5.41) is 13.2. The Morgan fingerprint density at radius 1 is 1.33 bits per heavy atom. The van der Waals surface area contributed by atoms with Crippen molar-refractivity contribution in [3.8, 4) is 5.75 Å². The molecule has 2 atom stereocenters. The van der Waals surface area contributed by atoms with Crippen LogP contribution in [-0.4, -0.2) is 43.3 Å². The summed E-state index contributed by atoms with van der Waals surface area (Å²) in [6.07, 6.45) is 0.840. The number of sulfone groups is 1. The number of hydrogen-bond acceptors (Lipinski definition) is 5. The van der Waals surface area contributed by atoms with E-state index in [1.54, 1.807) is 0 Å². The van der Waals surface area contributed by atoms with Gasteiger partial charge in [-0.1, -0.05) is 6.07 Å². The van der Waals surface area contributed by atoms with E-state index >= 15 is 0 Å². The van der Waals surface area contributed by atoms with Crippen molar-refractivity contribution in [2.75, 3.05) is 11.5 Å². The Hall–Kier alpha value is -0.630. The standard InChI is InChI=1S/C14H18BrNO4S/c15-11-5-9(6-16-10-2-3-10)1-4-13(11)20-14-8-21(18,19)7-12(14)17/h1,4-5,10,12,14,16-17H,2-3,6-8H2. The summed E-state index contributed by atoms with van der Waals surface area (Å²) in [4.78, 5) is 0. The van der Waals surface area contributed by atoms with Gasteiger partial charge in [0.25, 0.3) is 0 Å². The average molecular weight is 376 g/mol. The number of hydrogen-bond donors (Lipinski definition) is 2. The molecule has 1 aromatic carbocycles. The van der Waals surface area contributed by atoms with Crippen molar-refractivity contribution < 1.29 is 18.3 Å². The Bertz CT molecular complexity index is 630. The molecular weight excluding hydrogens is 358 g/mol. The Morgan fingerprint density at radius 3 is 2.67 bits per heavy atom. The van der Waals surface area contributed by atoms with Crippen LogP contribution in [0.1, 0.15) is 18.4 Å². The van der Waals surface area contributed by atoms with Crippen LogP contribution in [0.15, 0.2) is 22.7 Å².